The molecular formula is C22H38IN5O. The fraction of sp³-hybridized carbons (Fsp3) is 0.727. The topological polar surface area (TPSA) is 61.8 Å². The number of aliphatic imine (C=N–C) groups is 1. The van der Waals surface area contributed by atoms with Crippen LogP contribution in [-0.2, 0) is 11.2 Å². The van der Waals surface area contributed by atoms with Gasteiger partial charge in [0.15, 0.2) is 5.96 Å². The van der Waals surface area contributed by atoms with E-state index in [1.807, 2.05) is 12.4 Å². The number of nitrogens with zero attached hydrogens (tertiary/aromatic N) is 3. The summed E-state index contributed by atoms with van der Waals surface area (Å²) in [5.74, 6) is 0.937. The smallest absolute Gasteiger partial charge is 0.191 e. The molecule has 0 spiro atoms. The number of aromatic nitrogens is 1. The number of hydrogen-bond donors (Lipinski definition) is 2. The van der Waals surface area contributed by atoms with Crippen LogP contribution in [0.4, 0.5) is 0 Å². The normalized spacial score (nSPS) is 20.0. The summed E-state index contributed by atoms with van der Waals surface area (Å²) in [4.78, 5) is 11.9. The lowest BCUT2D eigenvalue weighted by molar-refractivity contribution is -0.0333. The Hall–Kier alpha value is -0.930. The molecule has 2 aliphatic rings. The Kier molecular flexibility index (Phi) is 10.7. The number of guanidine groups is 1. The molecule has 29 heavy (non-hydrogen) atoms. The first-order valence-corrected chi connectivity index (χ1v) is 11.0. The number of morpholine rings is 1. The van der Waals surface area contributed by atoms with Crippen molar-refractivity contribution in [2.24, 2.45) is 4.99 Å². The Morgan fingerprint density at radius 1 is 1.21 bits per heavy atom. The van der Waals surface area contributed by atoms with Gasteiger partial charge in [-0.25, -0.2) is 0 Å². The number of ether oxygens (including phenoxy) is 1. The average Bonchev–Trinajstić information content (AvgIpc) is 2.75. The zero-order valence-electron chi connectivity index (χ0n) is 18.1. The van der Waals surface area contributed by atoms with E-state index in [9.17, 15) is 0 Å². The summed E-state index contributed by atoms with van der Waals surface area (Å²) in [6.07, 6.45) is 11.3. The molecule has 1 aliphatic heterocycles. The summed E-state index contributed by atoms with van der Waals surface area (Å²) in [5.41, 5.74) is 2.81. The molecule has 6 nitrogen and oxygen atoms in total. The molecule has 0 unspecified atom stereocenters. The molecule has 3 rings (SSSR count). The molecule has 1 aliphatic carbocycles. The number of hydrogen-bond acceptors (Lipinski definition) is 4. The van der Waals surface area contributed by atoms with Gasteiger partial charge in [0, 0.05) is 44.1 Å². The van der Waals surface area contributed by atoms with Crippen LogP contribution in [0.15, 0.2) is 23.5 Å². The molecule has 0 bridgehead atoms. The van der Waals surface area contributed by atoms with Gasteiger partial charge in [0.1, 0.15) is 0 Å². The van der Waals surface area contributed by atoms with Crippen molar-refractivity contribution in [3.63, 3.8) is 0 Å². The molecule has 1 aromatic heterocycles. The summed E-state index contributed by atoms with van der Waals surface area (Å²) in [5, 5.41) is 6.96. The quantitative estimate of drug-likeness (QED) is 0.332. The van der Waals surface area contributed by atoms with Gasteiger partial charge in [-0.1, -0.05) is 19.3 Å². The van der Waals surface area contributed by atoms with Gasteiger partial charge in [0.05, 0.1) is 19.8 Å². The van der Waals surface area contributed by atoms with Crippen molar-refractivity contribution in [3.8, 4) is 0 Å². The molecule has 7 heteroatoms. The summed E-state index contributed by atoms with van der Waals surface area (Å²) < 4.78 is 5.60. The van der Waals surface area contributed by atoms with E-state index in [2.05, 4.69) is 40.4 Å². The second kappa shape index (κ2) is 12.7. The van der Waals surface area contributed by atoms with Gasteiger partial charge >= 0.3 is 0 Å². The largest absolute Gasteiger partial charge is 0.379 e. The van der Waals surface area contributed by atoms with Gasteiger partial charge in [-0.2, -0.15) is 0 Å². The minimum atomic E-state index is 0. The highest BCUT2D eigenvalue weighted by atomic mass is 127. The summed E-state index contributed by atoms with van der Waals surface area (Å²) in [7, 11) is 0. The second-order valence-corrected chi connectivity index (χ2v) is 8.06. The molecule has 0 amide bonds. The molecule has 0 atom stereocenters. The third-order valence-electron chi connectivity index (χ3n) is 6.17. The first-order valence-electron chi connectivity index (χ1n) is 11.0. The number of rotatable bonds is 7. The van der Waals surface area contributed by atoms with Crippen molar-refractivity contribution in [3.05, 3.63) is 29.6 Å². The highest BCUT2D eigenvalue weighted by Crippen LogP contribution is 2.34. The predicted molar refractivity (Wildman–Crippen MR) is 130 cm³/mol. The van der Waals surface area contributed by atoms with Crippen molar-refractivity contribution in [2.75, 3.05) is 45.9 Å². The van der Waals surface area contributed by atoms with E-state index in [0.29, 0.717) is 0 Å². The van der Waals surface area contributed by atoms with Gasteiger partial charge in [-0.15, -0.1) is 24.0 Å². The second-order valence-electron chi connectivity index (χ2n) is 8.06. The molecule has 0 aromatic carbocycles. The van der Waals surface area contributed by atoms with Gasteiger partial charge in [0.2, 0.25) is 0 Å². The minimum absolute atomic E-state index is 0. The van der Waals surface area contributed by atoms with Crippen molar-refractivity contribution >= 4 is 29.9 Å². The lowest BCUT2D eigenvalue weighted by atomic mass is 9.80. The van der Waals surface area contributed by atoms with Crippen LogP contribution in [0.5, 0.6) is 0 Å². The molecule has 2 fully saturated rings. The third kappa shape index (κ3) is 7.07. The Balaban J connectivity index is 0.00000300. The van der Waals surface area contributed by atoms with E-state index in [4.69, 9.17) is 9.73 Å². The third-order valence-corrected chi connectivity index (χ3v) is 6.17. The highest BCUT2D eigenvalue weighted by Gasteiger charge is 2.38. The number of aryl methyl sites for hydroxylation is 1. The lowest BCUT2D eigenvalue weighted by Crippen LogP contribution is -2.56. The van der Waals surface area contributed by atoms with Crippen LogP contribution in [-0.4, -0.2) is 67.3 Å². The maximum absolute atomic E-state index is 5.60. The zero-order chi connectivity index (χ0) is 19.7. The van der Waals surface area contributed by atoms with Crippen molar-refractivity contribution in [2.45, 2.75) is 57.9 Å². The van der Waals surface area contributed by atoms with Crippen LogP contribution >= 0.6 is 24.0 Å². The Labute approximate surface area is 193 Å². The van der Waals surface area contributed by atoms with Crippen LogP contribution in [0.25, 0.3) is 0 Å². The van der Waals surface area contributed by atoms with Crippen LogP contribution in [0.1, 0.15) is 50.2 Å². The first-order chi connectivity index (χ1) is 13.7. The zero-order valence-corrected chi connectivity index (χ0v) is 20.4. The summed E-state index contributed by atoms with van der Waals surface area (Å²) in [6.45, 7) is 10.7. The van der Waals surface area contributed by atoms with Crippen molar-refractivity contribution in [1.29, 1.82) is 0 Å². The lowest BCUT2D eigenvalue weighted by Gasteiger charge is -2.47. The SMILES string of the molecule is CCNC(=NCC1(N2CCOCC2)CCCCC1)NCCc1ccncc1C.I. The Bertz CT molecular complexity index is 627. The Morgan fingerprint density at radius 3 is 2.66 bits per heavy atom. The van der Waals surface area contributed by atoms with E-state index >= 15 is 0 Å². The maximum atomic E-state index is 5.60. The molecule has 1 saturated heterocycles. The molecule has 1 aromatic rings. The number of nitrogens with one attached hydrogen (secondary N) is 2. The van der Waals surface area contributed by atoms with Gasteiger partial charge in [-0.3, -0.25) is 14.9 Å². The van der Waals surface area contributed by atoms with Gasteiger partial charge in [-0.05, 0) is 50.3 Å². The minimum Gasteiger partial charge on any atom is -0.379 e. The summed E-state index contributed by atoms with van der Waals surface area (Å²) >= 11 is 0. The fourth-order valence-electron chi connectivity index (χ4n) is 4.49. The fourth-order valence-corrected chi connectivity index (χ4v) is 4.49. The van der Waals surface area contributed by atoms with E-state index in [1.54, 1.807) is 0 Å². The molecule has 164 valence electrons. The monoisotopic (exact) mass is 515 g/mol. The maximum Gasteiger partial charge on any atom is 0.191 e. The van der Waals surface area contributed by atoms with Crippen molar-refractivity contribution < 1.29 is 4.74 Å². The van der Waals surface area contributed by atoms with E-state index in [-0.39, 0.29) is 29.5 Å². The molecule has 1 saturated carbocycles. The molecular weight excluding hydrogens is 477 g/mol. The van der Waals surface area contributed by atoms with E-state index in [0.717, 1.165) is 58.3 Å². The van der Waals surface area contributed by atoms with Gasteiger partial charge in [0.25, 0.3) is 0 Å². The molecule has 2 N–H and O–H groups in total. The van der Waals surface area contributed by atoms with Crippen LogP contribution < -0.4 is 10.6 Å². The Morgan fingerprint density at radius 2 is 1.97 bits per heavy atom. The number of halogens is 1. The summed E-state index contributed by atoms with van der Waals surface area (Å²) in [6, 6.07) is 2.11. The highest BCUT2D eigenvalue weighted by molar-refractivity contribution is 14.0. The van der Waals surface area contributed by atoms with Gasteiger partial charge < -0.3 is 15.4 Å². The standard InChI is InChI=1S/C22H37N5O.HI/c1-3-24-21(25-12-8-20-7-11-23-17-19(20)2)26-18-22(9-5-4-6-10-22)27-13-15-28-16-14-27;/h7,11,17H,3-6,8-10,12-16,18H2,1-2H3,(H2,24,25,26);1H. The number of pyridine rings is 1. The van der Waals surface area contributed by atoms with Crippen LogP contribution in [0.2, 0.25) is 0 Å². The van der Waals surface area contributed by atoms with Crippen LogP contribution in [0, 0.1) is 6.92 Å². The molecule has 0 radical (unpaired) electrons. The molecule has 2 heterocycles. The predicted octanol–water partition coefficient (Wildman–Crippen LogP) is 3.14. The van der Waals surface area contributed by atoms with Crippen LogP contribution in [0.3, 0.4) is 0 Å². The van der Waals surface area contributed by atoms with E-state index in [1.165, 1.54) is 43.2 Å². The van der Waals surface area contributed by atoms with Crippen molar-refractivity contribution in [1.82, 2.24) is 20.5 Å². The first kappa shape index (κ1) is 24.3. The van der Waals surface area contributed by atoms with E-state index < -0.39 is 0 Å². The average molecular weight is 515 g/mol.